The number of ether oxygens (including phenoxy) is 2. The summed E-state index contributed by atoms with van der Waals surface area (Å²) in [5, 5.41) is 1.78. The Bertz CT molecular complexity index is 1150. The van der Waals surface area contributed by atoms with Crippen LogP contribution in [0.4, 0.5) is 0 Å². The van der Waals surface area contributed by atoms with Gasteiger partial charge in [-0.1, -0.05) is 6.58 Å². The average molecular weight is 378 g/mol. The molecule has 1 aliphatic rings. The average Bonchev–Trinajstić information content (AvgIpc) is 3.11. The number of hydrogen-bond donors (Lipinski definition) is 1. The fourth-order valence-electron chi connectivity index (χ4n) is 3.47. The van der Waals surface area contributed by atoms with Crippen molar-refractivity contribution in [2.75, 3.05) is 20.3 Å². The molecule has 1 aromatic carbocycles. The van der Waals surface area contributed by atoms with Gasteiger partial charge in [0.2, 0.25) is 0 Å². The Morgan fingerprint density at radius 3 is 2.93 bits per heavy atom. The van der Waals surface area contributed by atoms with E-state index in [0.717, 1.165) is 37.0 Å². The highest BCUT2D eigenvalue weighted by molar-refractivity contribution is 5.90. The Balaban J connectivity index is 1.62. The summed E-state index contributed by atoms with van der Waals surface area (Å²) in [5.74, 6) is 0.603. The van der Waals surface area contributed by atoms with Gasteiger partial charge in [-0.15, -0.1) is 0 Å². The minimum absolute atomic E-state index is 0.115. The second-order valence-corrected chi connectivity index (χ2v) is 6.69. The first-order valence-corrected chi connectivity index (χ1v) is 9.23. The van der Waals surface area contributed by atoms with Crippen molar-refractivity contribution in [2.45, 2.75) is 18.9 Å². The summed E-state index contributed by atoms with van der Waals surface area (Å²) in [6, 6.07) is 8.50. The topological polar surface area (TPSA) is 81.5 Å². The van der Waals surface area contributed by atoms with E-state index in [0.29, 0.717) is 22.4 Å². The minimum Gasteiger partial charge on any atom is -0.426 e. The van der Waals surface area contributed by atoms with Crippen LogP contribution < -0.4 is 20.9 Å². The maximum Gasteiger partial charge on any atom is 0.302 e. The summed E-state index contributed by atoms with van der Waals surface area (Å²) in [6.45, 7) is 5.43. The van der Waals surface area contributed by atoms with Gasteiger partial charge in [-0.05, 0) is 43.2 Å². The lowest BCUT2D eigenvalue weighted by atomic mass is 10.1. The number of H-pyrrole nitrogens is 1. The van der Waals surface area contributed by atoms with Crippen LogP contribution in [0.1, 0.15) is 18.9 Å². The Morgan fingerprint density at radius 1 is 1.36 bits per heavy atom. The van der Waals surface area contributed by atoms with Crippen LogP contribution in [0.25, 0.3) is 23.6 Å². The molecule has 0 amide bonds. The lowest BCUT2D eigenvalue weighted by molar-refractivity contribution is 0.0707. The molecule has 28 heavy (non-hydrogen) atoms. The van der Waals surface area contributed by atoms with Gasteiger partial charge in [0.25, 0.3) is 5.56 Å². The van der Waals surface area contributed by atoms with Crippen LogP contribution in [0.5, 0.6) is 11.8 Å². The van der Waals surface area contributed by atoms with Crippen molar-refractivity contribution in [3.8, 4) is 11.8 Å². The number of fused-ring (bicyclic) bond motifs is 1. The van der Waals surface area contributed by atoms with Crippen LogP contribution in [0.15, 0.2) is 40.2 Å². The highest BCUT2D eigenvalue weighted by Crippen LogP contribution is 2.29. The second kappa shape index (κ2) is 7.82. The molecule has 0 saturated carbocycles. The molecular weight excluding hydrogens is 356 g/mol. The number of aliphatic imine (C=N–C) groups is 1. The molecule has 1 aliphatic heterocycles. The molecule has 0 unspecified atom stereocenters. The van der Waals surface area contributed by atoms with Gasteiger partial charge in [0.05, 0.1) is 10.6 Å². The predicted molar refractivity (Wildman–Crippen MR) is 110 cm³/mol. The van der Waals surface area contributed by atoms with Crippen LogP contribution >= 0.6 is 0 Å². The number of rotatable bonds is 4. The predicted octanol–water partition coefficient (Wildman–Crippen LogP) is 1.76. The first kappa shape index (κ1) is 18.2. The van der Waals surface area contributed by atoms with Gasteiger partial charge in [-0.25, -0.2) is 0 Å². The molecule has 0 atom stereocenters. The molecule has 1 N–H and O–H groups in total. The molecule has 3 aromatic rings. The van der Waals surface area contributed by atoms with Gasteiger partial charge in [0.15, 0.2) is 0 Å². The van der Waals surface area contributed by atoms with E-state index in [1.807, 2.05) is 18.2 Å². The van der Waals surface area contributed by atoms with Crippen molar-refractivity contribution in [3.05, 3.63) is 51.4 Å². The van der Waals surface area contributed by atoms with Crippen LogP contribution in [-0.2, 0) is 4.74 Å². The van der Waals surface area contributed by atoms with E-state index >= 15 is 0 Å². The van der Waals surface area contributed by atoms with E-state index in [1.54, 1.807) is 13.1 Å². The van der Waals surface area contributed by atoms with Gasteiger partial charge in [0.1, 0.15) is 5.75 Å². The Hall–Kier alpha value is -3.19. The fourth-order valence-corrected chi connectivity index (χ4v) is 3.47. The number of aromatic nitrogens is 3. The summed E-state index contributed by atoms with van der Waals surface area (Å²) >= 11 is 0. The number of hydrogen-bond acceptors (Lipinski definition) is 5. The van der Waals surface area contributed by atoms with E-state index in [9.17, 15) is 4.79 Å². The van der Waals surface area contributed by atoms with Crippen LogP contribution in [0, 0.1) is 0 Å². The van der Waals surface area contributed by atoms with Gasteiger partial charge in [0, 0.05) is 49.6 Å². The third kappa shape index (κ3) is 3.61. The molecule has 0 spiro atoms. The van der Waals surface area contributed by atoms with Crippen molar-refractivity contribution in [2.24, 2.45) is 4.99 Å². The van der Waals surface area contributed by atoms with Crippen molar-refractivity contribution in [1.82, 2.24) is 14.5 Å². The minimum atomic E-state index is -0.318. The molecular formula is C21H22N4O3. The monoisotopic (exact) mass is 378 g/mol. The number of nitrogens with one attached hydrogen (secondary N) is 1. The van der Waals surface area contributed by atoms with Gasteiger partial charge < -0.3 is 14.0 Å². The maximum atomic E-state index is 12.2. The molecule has 0 aliphatic carbocycles. The second-order valence-electron chi connectivity index (χ2n) is 6.69. The van der Waals surface area contributed by atoms with E-state index in [1.165, 1.54) is 6.21 Å². The zero-order valence-electron chi connectivity index (χ0n) is 15.7. The third-order valence-corrected chi connectivity index (χ3v) is 4.89. The highest BCUT2D eigenvalue weighted by atomic mass is 16.5. The normalized spacial score (nSPS) is 16.2. The van der Waals surface area contributed by atoms with Gasteiger partial charge in [-0.3, -0.25) is 14.8 Å². The summed E-state index contributed by atoms with van der Waals surface area (Å²) in [5.41, 5.74) is 0.837. The Labute approximate surface area is 161 Å². The van der Waals surface area contributed by atoms with E-state index in [-0.39, 0.29) is 11.6 Å². The van der Waals surface area contributed by atoms with Crippen LogP contribution in [0.2, 0.25) is 0 Å². The Kier molecular flexibility index (Phi) is 5.08. The molecule has 7 nitrogen and oxygen atoms in total. The number of benzene rings is 1. The SMILES string of the molecule is C=c1nc(Oc2ccc3c(ccn3C3CCOCC3)c2)[nH]c(=O)/c1=C/C=NC. The summed E-state index contributed by atoms with van der Waals surface area (Å²) < 4.78 is 13.5. The zero-order chi connectivity index (χ0) is 19.5. The molecule has 0 radical (unpaired) electrons. The summed E-state index contributed by atoms with van der Waals surface area (Å²) in [6.07, 6.45) is 7.25. The standard InChI is InChI=1S/C21H22N4O3/c1-14-18(5-9-22-2)20(26)24-21(23-14)28-17-3-4-19-15(13-17)6-10-25(19)16-7-11-27-12-8-16/h3-6,9-10,13,16H,1,7-8,11-12H2,2H3,(H,23,24,26)/b18-5+,22-9?. The number of nitrogens with zero attached hydrogens (tertiary/aromatic N) is 3. The lowest BCUT2D eigenvalue weighted by Gasteiger charge is -2.24. The molecule has 3 heterocycles. The highest BCUT2D eigenvalue weighted by Gasteiger charge is 2.17. The molecule has 4 rings (SSSR count). The van der Waals surface area contributed by atoms with Crippen molar-refractivity contribution < 1.29 is 9.47 Å². The fraction of sp³-hybridized carbons (Fsp3) is 0.286. The maximum absolute atomic E-state index is 12.2. The summed E-state index contributed by atoms with van der Waals surface area (Å²) in [4.78, 5) is 22.9. The molecule has 2 aromatic heterocycles. The molecule has 1 fully saturated rings. The third-order valence-electron chi connectivity index (χ3n) is 4.89. The number of aromatic amines is 1. The summed E-state index contributed by atoms with van der Waals surface area (Å²) in [7, 11) is 1.63. The van der Waals surface area contributed by atoms with Gasteiger partial charge >= 0.3 is 6.01 Å². The first-order valence-electron chi connectivity index (χ1n) is 9.23. The zero-order valence-corrected chi connectivity index (χ0v) is 15.7. The molecule has 144 valence electrons. The van der Waals surface area contributed by atoms with Crippen molar-refractivity contribution >= 4 is 29.8 Å². The van der Waals surface area contributed by atoms with E-state index in [4.69, 9.17) is 9.47 Å². The van der Waals surface area contributed by atoms with Crippen LogP contribution in [-0.4, -0.2) is 41.0 Å². The lowest BCUT2D eigenvalue weighted by Crippen LogP contribution is -2.42. The Morgan fingerprint density at radius 2 is 2.18 bits per heavy atom. The van der Waals surface area contributed by atoms with Crippen molar-refractivity contribution in [1.29, 1.82) is 0 Å². The van der Waals surface area contributed by atoms with Crippen molar-refractivity contribution in [3.63, 3.8) is 0 Å². The molecule has 7 heteroatoms. The molecule has 1 saturated heterocycles. The van der Waals surface area contributed by atoms with E-state index in [2.05, 4.69) is 38.4 Å². The largest absolute Gasteiger partial charge is 0.426 e. The molecule has 0 bridgehead atoms. The van der Waals surface area contributed by atoms with E-state index < -0.39 is 0 Å². The van der Waals surface area contributed by atoms with Crippen LogP contribution in [0.3, 0.4) is 0 Å². The first-order chi connectivity index (χ1) is 13.7. The van der Waals surface area contributed by atoms with Gasteiger partial charge in [-0.2, -0.15) is 4.98 Å². The quantitative estimate of drug-likeness (QED) is 0.702. The smallest absolute Gasteiger partial charge is 0.302 e.